The number of hydrogen-bond acceptors (Lipinski definition) is 3. The van der Waals surface area contributed by atoms with Crippen molar-refractivity contribution >= 4 is 11.6 Å². The summed E-state index contributed by atoms with van der Waals surface area (Å²) >= 11 is 5.95. The molecule has 1 saturated carbocycles. The number of aryl methyl sites for hydroxylation is 1. The lowest BCUT2D eigenvalue weighted by Crippen LogP contribution is -2.06. The maximum atomic E-state index is 9.93. The lowest BCUT2D eigenvalue weighted by molar-refractivity contribution is 0.147. The van der Waals surface area contributed by atoms with Gasteiger partial charge in [-0.05, 0) is 31.4 Å². The fraction of sp³-hybridized carbons (Fsp3) is 0.455. The molecule has 0 unspecified atom stereocenters. The molecule has 0 spiro atoms. The maximum Gasteiger partial charge on any atom is 0.144 e. The zero-order chi connectivity index (χ0) is 11.2. The third kappa shape index (κ3) is 1.56. The minimum absolute atomic E-state index is 0.0703. The molecule has 1 aromatic rings. The molecule has 0 atom stereocenters. The summed E-state index contributed by atoms with van der Waals surface area (Å²) in [5.74, 6) is 0.390. The van der Waals surface area contributed by atoms with Crippen molar-refractivity contribution in [3.05, 3.63) is 22.2 Å². The highest BCUT2D eigenvalue weighted by atomic mass is 35.5. The lowest BCUT2D eigenvalue weighted by Gasteiger charge is -2.16. The van der Waals surface area contributed by atoms with Gasteiger partial charge < -0.3 is 14.9 Å². The van der Waals surface area contributed by atoms with E-state index in [0.29, 0.717) is 24.2 Å². The average Bonchev–Trinajstić information content (AvgIpc) is 2.92. The molecule has 0 bridgehead atoms. The second-order valence-electron chi connectivity index (χ2n) is 3.97. The fourth-order valence-electron chi connectivity index (χ4n) is 1.74. The van der Waals surface area contributed by atoms with Crippen molar-refractivity contribution in [3.8, 4) is 11.5 Å². The van der Waals surface area contributed by atoms with E-state index in [-0.39, 0.29) is 10.8 Å². The molecule has 0 heterocycles. The Morgan fingerprint density at radius 2 is 2.07 bits per heavy atom. The molecule has 0 radical (unpaired) electrons. The third-order valence-corrected chi connectivity index (χ3v) is 3.16. The topological polar surface area (TPSA) is 49.7 Å². The number of aliphatic hydroxyl groups is 1. The third-order valence-electron chi connectivity index (χ3n) is 2.81. The van der Waals surface area contributed by atoms with Gasteiger partial charge in [0, 0.05) is 5.56 Å². The first-order valence-corrected chi connectivity index (χ1v) is 5.16. The number of halogens is 1. The van der Waals surface area contributed by atoms with Crippen LogP contribution >= 0.6 is 11.6 Å². The molecule has 1 aromatic carbocycles. The van der Waals surface area contributed by atoms with E-state index >= 15 is 0 Å². The van der Waals surface area contributed by atoms with Crippen LogP contribution in [0.25, 0.3) is 0 Å². The zero-order valence-electron chi connectivity index (χ0n) is 8.67. The molecule has 0 amide bonds. The number of hydrogen-bond donors (Lipinski definition) is 2. The first-order chi connectivity index (χ1) is 6.99. The Labute approximate surface area is 93.3 Å². The number of aromatic hydroxyl groups is 1. The van der Waals surface area contributed by atoms with Crippen molar-refractivity contribution in [1.29, 1.82) is 0 Å². The van der Waals surface area contributed by atoms with Gasteiger partial charge in [0.2, 0.25) is 0 Å². The first-order valence-electron chi connectivity index (χ1n) is 4.78. The van der Waals surface area contributed by atoms with Gasteiger partial charge in [0.1, 0.15) is 16.5 Å². The van der Waals surface area contributed by atoms with Gasteiger partial charge in [-0.3, -0.25) is 0 Å². The number of rotatable bonds is 2. The summed E-state index contributed by atoms with van der Waals surface area (Å²) in [6.07, 6.45) is 1.34. The number of benzene rings is 1. The number of phenols is 1. The summed E-state index contributed by atoms with van der Waals surface area (Å²) < 4.78 is 5.07. The van der Waals surface area contributed by atoms with Gasteiger partial charge in [0.25, 0.3) is 0 Å². The monoisotopic (exact) mass is 228 g/mol. The molecule has 15 heavy (non-hydrogen) atoms. The van der Waals surface area contributed by atoms with Crippen molar-refractivity contribution < 1.29 is 14.9 Å². The molecule has 82 valence electrons. The van der Waals surface area contributed by atoms with Crippen LogP contribution in [-0.2, 0) is 5.60 Å². The van der Waals surface area contributed by atoms with Crippen LogP contribution in [0.5, 0.6) is 11.5 Å². The van der Waals surface area contributed by atoms with Gasteiger partial charge in [0.15, 0.2) is 0 Å². The van der Waals surface area contributed by atoms with Gasteiger partial charge in [-0.1, -0.05) is 11.6 Å². The van der Waals surface area contributed by atoms with Gasteiger partial charge in [0.05, 0.1) is 12.7 Å². The van der Waals surface area contributed by atoms with Crippen LogP contribution in [0.15, 0.2) is 6.07 Å². The van der Waals surface area contributed by atoms with Crippen LogP contribution in [0.4, 0.5) is 0 Å². The van der Waals surface area contributed by atoms with Crippen molar-refractivity contribution in [1.82, 2.24) is 0 Å². The SMILES string of the molecule is COc1c(C)cc(C2(O)CC2)c(O)c1Cl. The van der Waals surface area contributed by atoms with E-state index in [4.69, 9.17) is 16.3 Å². The van der Waals surface area contributed by atoms with Crippen molar-refractivity contribution in [2.24, 2.45) is 0 Å². The summed E-state index contributed by atoms with van der Waals surface area (Å²) in [7, 11) is 1.50. The second-order valence-corrected chi connectivity index (χ2v) is 4.35. The highest BCUT2D eigenvalue weighted by Crippen LogP contribution is 2.52. The van der Waals surface area contributed by atoms with Crippen molar-refractivity contribution in [2.45, 2.75) is 25.4 Å². The summed E-state index contributed by atoms with van der Waals surface area (Å²) in [6, 6.07) is 1.73. The Morgan fingerprint density at radius 1 is 1.47 bits per heavy atom. The van der Waals surface area contributed by atoms with E-state index in [1.807, 2.05) is 6.92 Å². The molecule has 4 heteroatoms. The predicted molar refractivity (Wildman–Crippen MR) is 57.5 cm³/mol. The zero-order valence-corrected chi connectivity index (χ0v) is 9.43. The van der Waals surface area contributed by atoms with Crippen LogP contribution in [-0.4, -0.2) is 17.3 Å². The van der Waals surface area contributed by atoms with Gasteiger partial charge in [-0.2, -0.15) is 0 Å². The standard InChI is InChI=1S/C11H13ClO3/c1-6-5-7(11(14)3-4-11)9(13)8(12)10(6)15-2/h5,13-14H,3-4H2,1-2H3. The molecule has 2 N–H and O–H groups in total. The van der Waals surface area contributed by atoms with Gasteiger partial charge in [-0.25, -0.2) is 0 Å². The summed E-state index contributed by atoms with van der Waals surface area (Å²) in [4.78, 5) is 0. The molecule has 1 fully saturated rings. The molecule has 1 aliphatic carbocycles. The van der Waals surface area contributed by atoms with E-state index in [9.17, 15) is 10.2 Å². The average molecular weight is 229 g/mol. The summed E-state index contributed by atoms with van der Waals surface area (Å²) in [6.45, 7) is 1.83. The molecule has 0 aromatic heterocycles. The van der Waals surface area contributed by atoms with E-state index < -0.39 is 5.60 Å². The molecule has 0 saturated heterocycles. The summed E-state index contributed by atoms with van der Waals surface area (Å²) in [5.41, 5.74) is 0.437. The van der Waals surface area contributed by atoms with E-state index in [0.717, 1.165) is 5.56 Å². The first kappa shape index (κ1) is 10.6. The minimum atomic E-state index is -0.884. The van der Waals surface area contributed by atoms with Crippen LogP contribution in [0, 0.1) is 6.92 Å². The van der Waals surface area contributed by atoms with Crippen molar-refractivity contribution in [2.75, 3.05) is 7.11 Å². The highest BCUT2D eigenvalue weighted by Gasteiger charge is 2.45. The Hall–Kier alpha value is -0.930. The molecular weight excluding hydrogens is 216 g/mol. The van der Waals surface area contributed by atoms with Crippen molar-refractivity contribution in [3.63, 3.8) is 0 Å². The molecule has 3 nitrogen and oxygen atoms in total. The normalized spacial score (nSPS) is 17.6. The van der Waals surface area contributed by atoms with E-state index in [1.54, 1.807) is 6.07 Å². The smallest absolute Gasteiger partial charge is 0.144 e. The largest absolute Gasteiger partial charge is 0.506 e. The van der Waals surface area contributed by atoms with Crippen LogP contribution in [0.3, 0.4) is 0 Å². The van der Waals surface area contributed by atoms with Gasteiger partial charge >= 0.3 is 0 Å². The minimum Gasteiger partial charge on any atom is -0.506 e. The van der Waals surface area contributed by atoms with E-state index in [2.05, 4.69) is 0 Å². The Kier molecular flexibility index (Phi) is 2.32. The quantitative estimate of drug-likeness (QED) is 0.817. The highest BCUT2D eigenvalue weighted by molar-refractivity contribution is 6.33. The second kappa shape index (κ2) is 3.29. The fourth-order valence-corrected chi connectivity index (χ4v) is 2.07. The Bertz CT molecular complexity index is 411. The summed E-state index contributed by atoms with van der Waals surface area (Å²) in [5, 5.41) is 19.9. The Morgan fingerprint density at radius 3 is 2.53 bits per heavy atom. The van der Waals surface area contributed by atoms with Gasteiger partial charge in [-0.15, -0.1) is 0 Å². The predicted octanol–water partition coefficient (Wildman–Crippen LogP) is 2.34. The van der Waals surface area contributed by atoms with Crippen LogP contribution in [0.2, 0.25) is 5.02 Å². The van der Waals surface area contributed by atoms with Crippen LogP contribution in [0.1, 0.15) is 24.0 Å². The lowest BCUT2D eigenvalue weighted by atomic mass is 10.0. The maximum absolute atomic E-state index is 9.93. The van der Waals surface area contributed by atoms with Crippen LogP contribution < -0.4 is 4.74 Å². The molecule has 1 aliphatic rings. The number of methoxy groups -OCH3 is 1. The molecule has 0 aliphatic heterocycles. The van der Waals surface area contributed by atoms with E-state index in [1.165, 1.54) is 7.11 Å². The number of phenolic OH excluding ortho intramolecular Hbond substituents is 1. The number of ether oxygens (including phenoxy) is 1. The molecular formula is C11H13ClO3. The Balaban J connectivity index is 2.59. The molecule has 2 rings (SSSR count).